The quantitative estimate of drug-likeness (QED) is 0.109. The smallest absolute Gasteiger partial charge is 0.324 e. The molecule has 1 aliphatic carbocycles. The van der Waals surface area contributed by atoms with Crippen LogP contribution in [0.4, 0.5) is 0 Å². The molecule has 77 heavy (non-hydrogen) atoms. The monoisotopic (exact) mass is 1070 g/mol. The van der Waals surface area contributed by atoms with E-state index < -0.39 is 35.5 Å². The summed E-state index contributed by atoms with van der Waals surface area (Å²) in [5.74, 6) is -1.25. The molecule has 0 unspecified atom stereocenters. The predicted octanol–water partition coefficient (Wildman–Crippen LogP) is 7.94. The van der Waals surface area contributed by atoms with Crippen LogP contribution in [0.5, 0.6) is 0 Å². The number of hydrogen-bond acceptors (Lipinski definition) is 15. The summed E-state index contributed by atoms with van der Waals surface area (Å²) in [6.45, 7) is 16.9. The lowest BCUT2D eigenvalue weighted by atomic mass is 9.82. The number of cyclic esters (lactones) is 1. The third kappa shape index (κ3) is 11.4. The van der Waals surface area contributed by atoms with E-state index in [4.69, 9.17) is 38.4 Å². The van der Waals surface area contributed by atoms with Gasteiger partial charge in [0.2, 0.25) is 5.91 Å². The van der Waals surface area contributed by atoms with Gasteiger partial charge in [0.25, 0.3) is 5.91 Å². The SMILES string of the molecule is CCO[C@@H]1c2nc(cs2)-c2ccc3c(c2)c(c(-c2cc([C@@H]4CCN5CCOC[C@H]5C4)cnc2[C@H](C)OC)n3CCOC2CCOCC2)CC(C)(C)COC(=O)[C@@H]2CCCN(N2)C(=O)[C@H]1NC(=O)[C@@H]1[C@@H](C)[C@H]1c1ccccn1. The molecule has 2 amide bonds. The summed E-state index contributed by atoms with van der Waals surface area (Å²) in [7, 11) is 1.74. The number of esters is 1. The Morgan fingerprint density at radius 1 is 1.01 bits per heavy atom. The summed E-state index contributed by atoms with van der Waals surface area (Å²) in [6, 6.07) is 13.1. The molecule has 6 aliphatic rings. The lowest BCUT2D eigenvalue weighted by Crippen LogP contribution is -2.61. The van der Waals surface area contributed by atoms with Crippen LogP contribution >= 0.6 is 11.3 Å². The summed E-state index contributed by atoms with van der Waals surface area (Å²) in [5.41, 5.74) is 11.4. The number of ether oxygens (including phenoxy) is 6. The van der Waals surface area contributed by atoms with Gasteiger partial charge in [0.1, 0.15) is 23.2 Å². The van der Waals surface area contributed by atoms with Crippen LogP contribution in [0.25, 0.3) is 33.4 Å². The lowest BCUT2D eigenvalue weighted by molar-refractivity contribution is -0.156. The first kappa shape index (κ1) is 53.8. The number of pyridine rings is 2. The first-order valence-corrected chi connectivity index (χ1v) is 29.0. The van der Waals surface area contributed by atoms with Crippen molar-refractivity contribution < 1.29 is 42.8 Å². The Kier molecular flexibility index (Phi) is 16.3. The Morgan fingerprint density at radius 2 is 1.87 bits per heavy atom. The number of rotatable bonds is 13. The number of morpholine rings is 1. The van der Waals surface area contributed by atoms with E-state index in [-0.39, 0.29) is 49.1 Å². The van der Waals surface area contributed by atoms with Crippen molar-refractivity contribution in [1.82, 2.24) is 40.2 Å². The summed E-state index contributed by atoms with van der Waals surface area (Å²) >= 11 is 1.40. The number of piperidine rings is 1. The number of nitrogens with zero attached hydrogens (tertiary/aromatic N) is 6. The van der Waals surface area contributed by atoms with E-state index in [1.807, 2.05) is 37.4 Å². The zero-order valence-corrected chi connectivity index (χ0v) is 46.4. The molecule has 4 saturated heterocycles. The molecule has 11 rings (SSSR count). The highest BCUT2D eigenvalue weighted by atomic mass is 32.1. The summed E-state index contributed by atoms with van der Waals surface area (Å²) in [5, 5.41) is 8.24. The van der Waals surface area contributed by atoms with Crippen LogP contribution in [0.2, 0.25) is 0 Å². The van der Waals surface area contributed by atoms with E-state index in [9.17, 15) is 9.59 Å². The molecule has 0 radical (unpaired) electrons. The Balaban J connectivity index is 1.04. The summed E-state index contributed by atoms with van der Waals surface area (Å²) in [4.78, 5) is 61.5. The predicted molar refractivity (Wildman–Crippen MR) is 292 cm³/mol. The van der Waals surface area contributed by atoms with Crippen molar-refractivity contribution in [2.24, 2.45) is 17.3 Å². The van der Waals surface area contributed by atoms with Crippen LogP contribution in [0.15, 0.2) is 60.2 Å². The van der Waals surface area contributed by atoms with Gasteiger partial charge in [-0.15, -0.1) is 11.3 Å². The number of hydrogen-bond donors (Lipinski definition) is 2. The maximum absolute atomic E-state index is 15.0. The fraction of sp³-hybridized carbons (Fsp3) is 0.593. The van der Waals surface area contributed by atoms with Gasteiger partial charge in [0.15, 0.2) is 0 Å². The zero-order valence-electron chi connectivity index (χ0n) is 45.5. The molecule has 1 saturated carbocycles. The van der Waals surface area contributed by atoms with Gasteiger partial charge >= 0.3 is 5.97 Å². The first-order chi connectivity index (χ1) is 37.4. The number of carbonyl (C=O) groups is 3. The van der Waals surface area contributed by atoms with Crippen molar-refractivity contribution in [2.45, 2.75) is 134 Å². The van der Waals surface area contributed by atoms with E-state index in [1.165, 1.54) is 21.9 Å². The molecule has 4 aromatic heterocycles. The highest BCUT2D eigenvalue weighted by Crippen LogP contribution is 2.53. The molecule has 9 heterocycles. The third-order valence-corrected chi connectivity index (χ3v) is 18.0. The number of methoxy groups -OCH3 is 1. The highest BCUT2D eigenvalue weighted by molar-refractivity contribution is 7.10. The molecule has 0 spiro atoms. The normalized spacial score (nSPS) is 27.6. The number of benzene rings is 1. The molecule has 6 bridgehead atoms. The maximum atomic E-state index is 15.0. The summed E-state index contributed by atoms with van der Waals surface area (Å²) < 4.78 is 39.7. The fourth-order valence-corrected chi connectivity index (χ4v) is 13.6. The van der Waals surface area contributed by atoms with E-state index in [2.05, 4.69) is 76.4 Å². The minimum absolute atomic E-state index is 0.0211. The van der Waals surface area contributed by atoms with Gasteiger partial charge in [-0.3, -0.25) is 34.3 Å². The van der Waals surface area contributed by atoms with Gasteiger partial charge in [0.05, 0.1) is 55.7 Å². The van der Waals surface area contributed by atoms with E-state index in [0.29, 0.717) is 69.1 Å². The van der Waals surface area contributed by atoms with Crippen molar-refractivity contribution in [3.05, 3.63) is 87.8 Å². The molecule has 1 aromatic carbocycles. The standard InChI is InChI=1S/C59H76N8O9S/c1-7-74-54-52(63-55(68)50-35(2)49(50)45-11-8-9-18-60-45)57(69)67-19-10-12-46(64-67)58(70)76-34-59(4,5)30-44-42-28-38(47-33-77-56(54)62-47)13-14-48(42)66(22-26-75-41-16-23-72-24-17-41)53(44)43-29-39(31-61-51(43)36(3)71-6)37-15-20-65-21-25-73-32-40(65)27-37/h8-9,11,13-14,18,28-29,31,33,35-37,40-41,46,49-50,52,54,64H,7,10,12,15-17,19-27,30,32,34H2,1-6H3,(H,63,68)/t35-,36-,37+,40+,46-,49-,50+,52-,54-/m0/s1. The van der Waals surface area contributed by atoms with E-state index in [0.717, 1.165) is 102 Å². The number of hydrazine groups is 1. The number of thiazole rings is 1. The second-order valence-corrected chi connectivity index (χ2v) is 23.7. The zero-order chi connectivity index (χ0) is 53.4. The van der Waals surface area contributed by atoms with Crippen LogP contribution < -0.4 is 10.7 Å². The highest BCUT2D eigenvalue weighted by Gasteiger charge is 2.54. The van der Waals surface area contributed by atoms with Crippen LogP contribution in [-0.4, -0.2) is 144 Å². The molecule has 5 aromatic rings. The van der Waals surface area contributed by atoms with Crippen LogP contribution in [0, 0.1) is 17.3 Å². The van der Waals surface area contributed by atoms with Crippen molar-refractivity contribution in [1.29, 1.82) is 0 Å². The average Bonchev–Trinajstić information content (AvgIpc) is 3.86. The van der Waals surface area contributed by atoms with Crippen LogP contribution in [0.1, 0.15) is 125 Å². The second kappa shape index (κ2) is 23.3. The summed E-state index contributed by atoms with van der Waals surface area (Å²) in [6.07, 6.45) is 7.98. The Hall–Kier alpha value is -5.18. The Morgan fingerprint density at radius 3 is 2.68 bits per heavy atom. The van der Waals surface area contributed by atoms with Crippen molar-refractivity contribution >= 4 is 40.0 Å². The molecule has 412 valence electrons. The Labute approximate surface area is 456 Å². The van der Waals surface area contributed by atoms with E-state index >= 15 is 4.79 Å². The average molecular weight is 1070 g/mol. The van der Waals surface area contributed by atoms with Gasteiger partial charge in [-0.2, -0.15) is 0 Å². The minimum atomic E-state index is -1.16. The molecular weight excluding hydrogens is 997 g/mol. The molecule has 17 nitrogen and oxygen atoms in total. The van der Waals surface area contributed by atoms with Crippen molar-refractivity contribution in [3.63, 3.8) is 0 Å². The van der Waals surface area contributed by atoms with Gasteiger partial charge in [0, 0.05) is 115 Å². The van der Waals surface area contributed by atoms with Gasteiger partial charge in [-0.1, -0.05) is 32.9 Å². The van der Waals surface area contributed by atoms with Gasteiger partial charge < -0.3 is 38.3 Å². The van der Waals surface area contributed by atoms with Gasteiger partial charge in [-0.05, 0) is 119 Å². The maximum Gasteiger partial charge on any atom is 0.324 e. The molecule has 5 fully saturated rings. The van der Waals surface area contributed by atoms with Crippen molar-refractivity contribution in [3.8, 4) is 22.5 Å². The molecule has 2 N–H and O–H groups in total. The largest absolute Gasteiger partial charge is 0.464 e. The molecule has 18 heteroatoms. The number of fused-ring (bicyclic) bond motifs is 7. The van der Waals surface area contributed by atoms with Gasteiger partial charge in [-0.25, -0.2) is 10.4 Å². The van der Waals surface area contributed by atoms with Crippen molar-refractivity contribution in [2.75, 3.05) is 73.0 Å². The minimum Gasteiger partial charge on any atom is -0.464 e. The molecular formula is C59H76N8O9S. The first-order valence-electron chi connectivity index (χ1n) is 28.1. The fourth-order valence-electron chi connectivity index (χ4n) is 12.7. The lowest BCUT2D eigenvalue weighted by Gasteiger charge is -2.42. The van der Waals surface area contributed by atoms with Crippen LogP contribution in [0.3, 0.4) is 0 Å². The molecule has 9 atom stereocenters. The van der Waals surface area contributed by atoms with Crippen LogP contribution in [-0.2, 0) is 55.8 Å². The molecule has 5 aliphatic heterocycles. The number of nitrogens with one attached hydrogen (secondary N) is 2. The number of carbonyl (C=O) groups excluding carboxylic acids is 3. The Bertz CT molecular complexity index is 2910. The second-order valence-electron chi connectivity index (χ2n) is 22.8. The topological polar surface area (TPSA) is 181 Å². The third-order valence-electron chi connectivity index (χ3n) is 17.1. The van der Waals surface area contributed by atoms with E-state index in [1.54, 1.807) is 13.3 Å². The number of amides is 2. The number of aromatic nitrogens is 4.